The lowest BCUT2D eigenvalue weighted by Crippen LogP contribution is -2.45. The van der Waals surface area contributed by atoms with Crippen LogP contribution < -0.4 is 5.32 Å². The fourth-order valence-electron chi connectivity index (χ4n) is 4.36. The number of nitrogens with one attached hydrogen (secondary N) is 1. The fraction of sp³-hybridized carbons (Fsp3) is 0.947. The van der Waals surface area contributed by atoms with Gasteiger partial charge in [0.1, 0.15) is 0 Å². The summed E-state index contributed by atoms with van der Waals surface area (Å²) in [5.41, 5.74) is 0. The number of carbonyl (C=O) groups excluding carboxylic acids is 1. The van der Waals surface area contributed by atoms with Gasteiger partial charge >= 0.3 is 6.03 Å². The first-order valence-corrected chi connectivity index (χ1v) is 9.96. The molecule has 0 radical (unpaired) electrons. The van der Waals surface area contributed by atoms with Crippen LogP contribution in [0.2, 0.25) is 0 Å². The van der Waals surface area contributed by atoms with Gasteiger partial charge in [-0.25, -0.2) is 4.79 Å². The van der Waals surface area contributed by atoms with E-state index < -0.39 is 0 Å². The Bertz CT molecular complexity index is 397. The summed E-state index contributed by atoms with van der Waals surface area (Å²) in [7, 11) is 0. The van der Waals surface area contributed by atoms with Gasteiger partial charge in [-0.1, -0.05) is 13.8 Å². The highest BCUT2D eigenvalue weighted by molar-refractivity contribution is 5.74. The molecule has 5 nitrogen and oxygen atoms in total. The molecule has 2 heterocycles. The third kappa shape index (κ3) is 5.35. The molecule has 2 amide bonds. The van der Waals surface area contributed by atoms with Gasteiger partial charge in [-0.05, 0) is 50.5 Å². The average molecular weight is 338 g/mol. The average Bonchev–Trinajstić information content (AvgIpc) is 3.24. The van der Waals surface area contributed by atoms with Crippen LogP contribution >= 0.6 is 0 Å². The number of amides is 2. The highest BCUT2D eigenvalue weighted by Gasteiger charge is 2.34. The number of ether oxygens (including phenoxy) is 1. The third-order valence-corrected chi connectivity index (χ3v) is 5.60. The molecule has 0 aromatic rings. The van der Waals surface area contributed by atoms with Crippen molar-refractivity contribution < 1.29 is 9.53 Å². The van der Waals surface area contributed by atoms with Crippen LogP contribution in [-0.4, -0.2) is 67.8 Å². The van der Waals surface area contributed by atoms with Crippen molar-refractivity contribution >= 4 is 6.03 Å². The summed E-state index contributed by atoms with van der Waals surface area (Å²) in [6.45, 7) is 11.6. The number of urea groups is 1. The van der Waals surface area contributed by atoms with E-state index in [-0.39, 0.29) is 6.03 Å². The normalized spacial score (nSPS) is 31.2. The first-order chi connectivity index (χ1) is 11.6. The lowest BCUT2D eigenvalue weighted by molar-refractivity contribution is 0.138. The molecule has 0 aromatic heterocycles. The summed E-state index contributed by atoms with van der Waals surface area (Å²) in [5.74, 6) is 2.15. The maximum atomic E-state index is 12.5. The number of likely N-dealkylation sites (tertiary alicyclic amines) is 1. The van der Waals surface area contributed by atoms with Gasteiger partial charge in [0.2, 0.25) is 0 Å². The van der Waals surface area contributed by atoms with Gasteiger partial charge in [0.15, 0.2) is 0 Å². The second-order valence-corrected chi connectivity index (χ2v) is 8.40. The minimum atomic E-state index is 0.143. The molecular formula is C19H35N3O2. The van der Waals surface area contributed by atoms with E-state index in [1.54, 1.807) is 0 Å². The minimum absolute atomic E-state index is 0.143. The summed E-state index contributed by atoms with van der Waals surface area (Å²) in [6, 6.07) is 0.624. The van der Waals surface area contributed by atoms with E-state index in [1.807, 2.05) is 0 Å². The predicted octanol–water partition coefficient (Wildman–Crippen LogP) is 2.56. The fourth-order valence-corrected chi connectivity index (χ4v) is 4.36. The van der Waals surface area contributed by atoms with Gasteiger partial charge < -0.3 is 19.9 Å². The van der Waals surface area contributed by atoms with E-state index in [0.717, 1.165) is 57.5 Å². The van der Waals surface area contributed by atoms with Crippen molar-refractivity contribution in [3.05, 3.63) is 0 Å². The smallest absolute Gasteiger partial charge is 0.317 e. The lowest BCUT2D eigenvalue weighted by Gasteiger charge is -2.35. The Labute approximate surface area is 147 Å². The van der Waals surface area contributed by atoms with Gasteiger partial charge in [0, 0.05) is 44.7 Å². The van der Waals surface area contributed by atoms with Crippen LogP contribution in [0, 0.1) is 17.8 Å². The molecule has 0 aromatic carbocycles. The Kier molecular flexibility index (Phi) is 6.39. The molecule has 2 saturated heterocycles. The molecule has 2 aliphatic heterocycles. The van der Waals surface area contributed by atoms with Gasteiger partial charge in [-0.3, -0.25) is 0 Å². The molecule has 138 valence electrons. The van der Waals surface area contributed by atoms with Gasteiger partial charge in [0.25, 0.3) is 0 Å². The third-order valence-electron chi connectivity index (χ3n) is 5.60. The molecule has 3 fully saturated rings. The number of hydrogen-bond acceptors (Lipinski definition) is 3. The van der Waals surface area contributed by atoms with E-state index in [9.17, 15) is 4.79 Å². The van der Waals surface area contributed by atoms with Crippen LogP contribution in [0.25, 0.3) is 0 Å². The number of piperidine rings is 1. The Morgan fingerprint density at radius 1 is 1.21 bits per heavy atom. The van der Waals surface area contributed by atoms with Gasteiger partial charge in [0.05, 0.1) is 6.61 Å². The van der Waals surface area contributed by atoms with Crippen LogP contribution in [0.1, 0.15) is 46.0 Å². The van der Waals surface area contributed by atoms with Crippen molar-refractivity contribution in [1.29, 1.82) is 0 Å². The standard InChI is InChI=1S/C19H35N3O2/c1-15-10-16(2)12-21(11-15)8-3-7-20-19(23)22(18-4-5-18)13-17-6-9-24-14-17/h15-18H,3-14H2,1-2H3,(H,20,23). The zero-order valence-corrected chi connectivity index (χ0v) is 15.5. The summed E-state index contributed by atoms with van der Waals surface area (Å²) in [5, 5.41) is 3.16. The molecule has 3 atom stereocenters. The molecule has 1 aliphatic carbocycles. The molecule has 0 spiro atoms. The second-order valence-electron chi connectivity index (χ2n) is 8.40. The van der Waals surface area contributed by atoms with E-state index in [4.69, 9.17) is 4.74 Å². The molecule has 3 aliphatic rings. The maximum Gasteiger partial charge on any atom is 0.317 e. The van der Waals surface area contributed by atoms with E-state index in [2.05, 4.69) is 29.0 Å². The molecule has 5 heteroatoms. The van der Waals surface area contributed by atoms with Gasteiger partial charge in [-0.15, -0.1) is 0 Å². The number of rotatable bonds is 7. The molecule has 1 saturated carbocycles. The first kappa shape index (κ1) is 18.0. The Balaban J connectivity index is 1.34. The summed E-state index contributed by atoms with van der Waals surface area (Å²) in [4.78, 5) is 17.2. The van der Waals surface area contributed by atoms with Crippen molar-refractivity contribution in [2.75, 3.05) is 45.9 Å². The van der Waals surface area contributed by atoms with Crippen LogP contribution in [0.5, 0.6) is 0 Å². The minimum Gasteiger partial charge on any atom is -0.381 e. The zero-order chi connectivity index (χ0) is 16.9. The number of carbonyl (C=O) groups is 1. The van der Waals surface area contributed by atoms with Crippen LogP contribution in [0.4, 0.5) is 4.79 Å². The first-order valence-electron chi connectivity index (χ1n) is 9.96. The maximum absolute atomic E-state index is 12.5. The molecule has 1 N–H and O–H groups in total. The summed E-state index contributed by atoms with van der Waals surface area (Å²) >= 11 is 0. The summed E-state index contributed by atoms with van der Waals surface area (Å²) < 4.78 is 5.46. The second kappa shape index (κ2) is 8.52. The van der Waals surface area contributed by atoms with Crippen molar-refractivity contribution in [1.82, 2.24) is 15.1 Å². The highest BCUT2D eigenvalue weighted by Crippen LogP contribution is 2.29. The molecule has 3 rings (SSSR count). The monoisotopic (exact) mass is 337 g/mol. The lowest BCUT2D eigenvalue weighted by atomic mass is 9.92. The van der Waals surface area contributed by atoms with E-state index >= 15 is 0 Å². The largest absolute Gasteiger partial charge is 0.381 e. The van der Waals surface area contributed by atoms with Crippen LogP contribution in [-0.2, 0) is 4.74 Å². The summed E-state index contributed by atoms with van der Waals surface area (Å²) in [6.07, 6.45) is 5.85. The Hall–Kier alpha value is -0.810. The molecule has 24 heavy (non-hydrogen) atoms. The Morgan fingerprint density at radius 3 is 2.58 bits per heavy atom. The van der Waals surface area contributed by atoms with E-state index in [1.165, 1.54) is 32.4 Å². The molecule has 3 unspecified atom stereocenters. The highest BCUT2D eigenvalue weighted by atomic mass is 16.5. The van der Waals surface area contributed by atoms with E-state index in [0.29, 0.717) is 12.0 Å². The predicted molar refractivity (Wildman–Crippen MR) is 96.1 cm³/mol. The van der Waals surface area contributed by atoms with Crippen LogP contribution in [0.3, 0.4) is 0 Å². The zero-order valence-electron chi connectivity index (χ0n) is 15.5. The van der Waals surface area contributed by atoms with Crippen molar-refractivity contribution in [2.24, 2.45) is 17.8 Å². The van der Waals surface area contributed by atoms with Crippen LogP contribution in [0.15, 0.2) is 0 Å². The number of hydrogen-bond donors (Lipinski definition) is 1. The topological polar surface area (TPSA) is 44.8 Å². The Morgan fingerprint density at radius 2 is 1.96 bits per heavy atom. The number of nitrogens with zero attached hydrogens (tertiary/aromatic N) is 2. The quantitative estimate of drug-likeness (QED) is 0.726. The van der Waals surface area contributed by atoms with Crippen molar-refractivity contribution in [3.8, 4) is 0 Å². The SMILES string of the molecule is CC1CC(C)CN(CCCNC(=O)N(CC2CCOC2)C2CC2)C1. The van der Waals surface area contributed by atoms with Crippen molar-refractivity contribution in [3.63, 3.8) is 0 Å². The van der Waals surface area contributed by atoms with Gasteiger partial charge in [-0.2, -0.15) is 0 Å². The van der Waals surface area contributed by atoms with Crippen molar-refractivity contribution in [2.45, 2.75) is 52.0 Å². The molecule has 0 bridgehead atoms. The molecular weight excluding hydrogens is 302 g/mol.